The number of carboxylic acid groups (broad SMARTS) is 1. The van der Waals surface area contributed by atoms with Crippen molar-refractivity contribution in [1.82, 2.24) is 5.32 Å². The first-order chi connectivity index (χ1) is 8.91. The van der Waals surface area contributed by atoms with Gasteiger partial charge in [0.25, 0.3) is 0 Å². The van der Waals surface area contributed by atoms with Crippen LogP contribution in [0.4, 0.5) is 4.39 Å². The lowest BCUT2D eigenvalue weighted by Gasteiger charge is -2.17. The van der Waals surface area contributed by atoms with Crippen molar-refractivity contribution in [2.75, 3.05) is 6.54 Å². The van der Waals surface area contributed by atoms with Gasteiger partial charge in [0.1, 0.15) is 5.82 Å². The number of carboxylic acids is 1. The Morgan fingerprint density at radius 2 is 1.95 bits per heavy atom. The summed E-state index contributed by atoms with van der Waals surface area (Å²) in [4.78, 5) is 22.8. The molecule has 1 amide bonds. The molecule has 0 aromatic heterocycles. The molecule has 0 spiro atoms. The predicted molar refractivity (Wildman–Crippen MR) is 69.2 cm³/mol. The highest BCUT2D eigenvalue weighted by atomic mass is 19.1. The van der Waals surface area contributed by atoms with Crippen molar-refractivity contribution in [3.8, 4) is 0 Å². The van der Waals surface area contributed by atoms with Crippen LogP contribution in [0.2, 0.25) is 0 Å². The van der Waals surface area contributed by atoms with Gasteiger partial charge in [0.15, 0.2) is 0 Å². The van der Waals surface area contributed by atoms with Crippen LogP contribution in [0, 0.1) is 11.7 Å². The third-order valence-electron chi connectivity index (χ3n) is 2.66. The molecule has 1 aromatic carbocycles. The van der Waals surface area contributed by atoms with E-state index < -0.39 is 30.0 Å². The number of amides is 1. The van der Waals surface area contributed by atoms with Crippen molar-refractivity contribution in [3.63, 3.8) is 0 Å². The molecule has 0 saturated heterocycles. The summed E-state index contributed by atoms with van der Waals surface area (Å²) in [6.45, 7) is 4.29. The number of nitrogens with one attached hydrogen (secondary N) is 1. The molecule has 1 rings (SSSR count). The Hall–Kier alpha value is -1.91. The van der Waals surface area contributed by atoms with Crippen molar-refractivity contribution in [2.45, 2.75) is 26.2 Å². The molecular formula is C14H18FNO3. The summed E-state index contributed by atoms with van der Waals surface area (Å²) >= 11 is 0. The molecule has 0 aliphatic heterocycles. The molecule has 1 atom stereocenters. The molecule has 0 aliphatic carbocycles. The normalized spacial score (nSPS) is 12.2. The summed E-state index contributed by atoms with van der Waals surface area (Å²) in [5.41, 5.74) is 0.117. The van der Waals surface area contributed by atoms with Crippen LogP contribution in [0.25, 0.3) is 0 Å². The fraction of sp³-hybridized carbons (Fsp3) is 0.429. The van der Waals surface area contributed by atoms with Gasteiger partial charge in [0.2, 0.25) is 5.91 Å². The number of hydrogen-bond acceptors (Lipinski definition) is 2. The first-order valence-electron chi connectivity index (χ1n) is 6.15. The Morgan fingerprint density at radius 1 is 1.32 bits per heavy atom. The van der Waals surface area contributed by atoms with Crippen LogP contribution in [0.5, 0.6) is 0 Å². The van der Waals surface area contributed by atoms with E-state index in [1.165, 1.54) is 18.2 Å². The quantitative estimate of drug-likeness (QED) is 0.830. The van der Waals surface area contributed by atoms with Gasteiger partial charge in [0.05, 0.1) is 12.3 Å². The zero-order chi connectivity index (χ0) is 14.4. The smallest absolute Gasteiger partial charge is 0.304 e. The molecule has 0 saturated carbocycles. The minimum atomic E-state index is -1.13. The fourth-order valence-corrected chi connectivity index (χ4v) is 1.70. The van der Waals surface area contributed by atoms with E-state index in [4.69, 9.17) is 5.11 Å². The Balaban J connectivity index is 2.92. The average Bonchev–Trinajstić information content (AvgIpc) is 2.33. The third kappa shape index (κ3) is 4.69. The van der Waals surface area contributed by atoms with E-state index in [1.54, 1.807) is 6.07 Å². The lowest BCUT2D eigenvalue weighted by Crippen LogP contribution is -2.33. The molecule has 1 aromatic rings. The maximum atomic E-state index is 13.7. The number of halogens is 1. The molecular weight excluding hydrogens is 249 g/mol. The highest BCUT2D eigenvalue weighted by Gasteiger charge is 2.26. The van der Waals surface area contributed by atoms with Crippen LogP contribution < -0.4 is 5.32 Å². The monoisotopic (exact) mass is 267 g/mol. The summed E-state index contributed by atoms with van der Waals surface area (Å²) in [6.07, 6.45) is -0.426. The summed E-state index contributed by atoms with van der Waals surface area (Å²) in [6, 6.07) is 5.75. The number of rotatable bonds is 6. The highest BCUT2D eigenvalue weighted by Crippen LogP contribution is 2.23. The number of carbonyl (C=O) groups excluding carboxylic acids is 1. The van der Waals surface area contributed by atoms with E-state index in [0.717, 1.165) is 0 Å². The highest BCUT2D eigenvalue weighted by molar-refractivity contribution is 5.87. The van der Waals surface area contributed by atoms with E-state index in [-0.39, 0.29) is 11.5 Å². The van der Waals surface area contributed by atoms with Crippen molar-refractivity contribution < 1.29 is 19.1 Å². The second-order valence-corrected chi connectivity index (χ2v) is 4.81. The van der Waals surface area contributed by atoms with E-state index >= 15 is 0 Å². The Morgan fingerprint density at radius 3 is 2.47 bits per heavy atom. The van der Waals surface area contributed by atoms with Gasteiger partial charge in [-0.1, -0.05) is 32.0 Å². The van der Waals surface area contributed by atoms with Gasteiger partial charge in [-0.15, -0.1) is 0 Å². The van der Waals surface area contributed by atoms with Crippen LogP contribution in [0.15, 0.2) is 24.3 Å². The van der Waals surface area contributed by atoms with Gasteiger partial charge in [-0.3, -0.25) is 9.59 Å². The first kappa shape index (κ1) is 15.1. The predicted octanol–water partition coefficient (Wildman–Crippen LogP) is 2.16. The Bertz CT molecular complexity index is 460. The number of carbonyl (C=O) groups is 2. The van der Waals surface area contributed by atoms with Crippen LogP contribution in [0.3, 0.4) is 0 Å². The zero-order valence-electron chi connectivity index (χ0n) is 11.0. The number of benzene rings is 1. The lowest BCUT2D eigenvalue weighted by atomic mass is 9.94. The molecule has 19 heavy (non-hydrogen) atoms. The second-order valence-electron chi connectivity index (χ2n) is 4.81. The lowest BCUT2D eigenvalue weighted by molar-refractivity contribution is -0.139. The largest absolute Gasteiger partial charge is 0.481 e. The van der Waals surface area contributed by atoms with Crippen LogP contribution in [0.1, 0.15) is 31.7 Å². The molecule has 104 valence electrons. The Kier molecular flexibility index (Phi) is 5.48. The SMILES string of the molecule is CC(C)CNC(=O)C(CC(=O)O)c1ccccc1F. The van der Waals surface area contributed by atoms with E-state index in [1.807, 2.05) is 13.8 Å². The second kappa shape index (κ2) is 6.87. The molecule has 4 nitrogen and oxygen atoms in total. The van der Waals surface area contributed by atoms with Crippen molar-refractivity contribution in [3.05, 3.63) is 35.6 Å². The summed E-state index contributed by atoms with van der Waals surface area (Å²) in [5, 5.41) is 11.5. The first-order valence-corrected chi connectivity index (χ1v) is 6.15. The van der Waals surface area contributed by atoms with Crippen LogP contribution in [-0.2, 0) is 9.59 Å². The summed E-state index contributed by atoms with van der Waals surface area (Å²) in [7, 11) is 0. The molecule has 0 radical (unpaired) electrons. The van der Waals surface area contributed by atoms with Gasteiger partial charge in [0, 0.05) is 12.1 Å². The van der Waals surface area contributed by atoms with Gasteiger partial charge >= 0.3 is 5.97 Å². The topological polar surface area (TPSA) is 66.4 Å². The molecule has 1 unspecified atom stereocenters. The average molecular weight is 267 g/mol. The van der Waals surface area contributed by atoms with E-state index in [9.17, 15) is 14.0 Å². The van der Waals surface area contributed by atoms with Crippen LogP contribution in [-0.4, -0.2) is 23.5 Å². The van der Waals surface area contributed by atoms with Crippen molar-refractivity contribution in [1.29, 1.82) is 0 Å². The third-order valence-corrected chi connectivity index (χ3v) is 2.66. The van der Waals surface area contributed by atoms with Gasteiger partial charge in [-0.25, -0.2) is 4.39 Å². The van der Waals surface area contributed by atoms with Crippen LogP contribution >= 0.6 is 0 Å². The summed E-state index contributed by atoms with van der Waals surface area (Å²) in [5.74, 6) is -2.91. The molecule has 0 aliphatic rings. The molecule has 0 bridgehead atoms. The van der Waals surface area contributed by atoms with Gasteiger partial charge in [-0.2, -0.15) is 0 Å². The molecule has 2 N–H and O–H groups in total. The Labute approximate surface area is 111 Å². The van der Waals surface area contributed by atoms with E-state index in [0.29, 0.717) is 6.54 Å². The maximum Gasteiger partial charge on any atom is 0.304 e. The number of hydrogen-bond donors (Lipinski definition) is 2. The fourth-order valence-electron chi connectivity index (χ4n) is 1.70. The summed E-state index contributed by atoms with van der Waals surface area (Å²) < 4.78 is 13.7. The van der Waals surface area contributed by atoms with Crippen molar-refractivity contribution in [2.24, 2.45) is 5.92 Å². The zero-order valence-corrected chi connectivity index (χ0v) is 11.0. The van der Waals surface area contributed by atoms with Gasteiger partial charge < -0.3 is 10.4 Å². The van der Waals surface area contributed by atoms with E-state index in [2.05, 4.69) is 5.32 Å². The standard InChI is InChI=1S/C14H18FNO3/c1-9(2)8-16-14(19)11(7-13(17)18)10-5-3-4-6-12(10)15/h3-6,9,11H,7-8H2,1-2H3,(H,16,19)(H,17,18). The van der Waals surface area contributed by atoms with Crippen molar-refractivity contribution >= 4 is 11.9 Å². The molecule has 0 fully saturated rings. The molecule has 0 heterocycles. The molecule has 5 heteroatoms. The minimum Gasteiger partial charge on any atom is -0.481 e. The maximum absolute atomic E-state index is 13.7. The number of aliphatic carboxylic acids is 1. The minimum absolute atomic E-state index is 0.117. The van der Waals surface area contributed by atoms with Gasteiger partial charge in [-0.05, 0) is 12.0 Å².